The quantitative estimate of drug-likeness (QED) is 0.748. The molecule has 96 valence electrons. The predicted octanol–water partition coefficient (Wildman–Crippen LogP) is 2.72. The monoisotopic (exact) mass is 245 g/mol. The van der Waals surface area contributed by atoms with Crippen molar-refractivity contribution in [3.8, 4) is 0 Å². The standard InChI is InChI=1S/C15H19NO2/c1-12(13-7-3-2-4-8-13)6-5-11-16-14(17)9-10-15(16)18/h2-4,7-8,12H,5-6,9-11H2,1H3/t12-/m1/s1. The van der Waals surface area contributed by atoms with E-state index in [4.69, 9.17) is 0 Å². The van der Waals surface area contributed by atoms with Crippen molar-refractivity contribution in [1.82, 2.24) is 4.90 Å². The van der Waals surface area contributed by atoms with E-state index in [0.717, 1.165) is 12.8 Å². The number of imide groups is 1. The first-order chi connectivity index (χ1) is 8.68. The second-order valence-electron chi connectivity index (χ2n) is 4.89. The van der Waals surface area contributed by atoms with Crippen LogP contribution in [0.25, 0.3) is 0 Å². The van der Waals surface area contributed by atoms with E-state index in [1.165, 1.54) is 10.5 Å². The van der Waals surface area contributed by atoms with Gasteiger partial charge < -0.3 is 0 Å². The maximum absolute atomic E-state index is 11.4. The Morgan fingerprint density at radius 1 is 1.11 bits per heavy atom. The molecule has 1 atom stereocenters. The fourth-order valence-corrected chi connectivity index (χ4v) is 2.38. The van der Waals surface area contributed by atoms with Crippen molar-refractivity contribution >= 4 is 11.8 Å². The van der Waals surface area contributed by atoms with Crippen LogP contribution in [0.5, 0.6) is 0 Å². The van der Waals surface area contributed by atoms with Crippen molar-refractivity contribution in [2.24, 2.45) is 0 Å². The lowest BCUT2D eigenvalue weighted by molar-refractivity contribution is -0.138. The molecule has 1 aliphatic heterocycles. The largest absolute Gasteiger partial charge is 0.283 e. The van der Waals surface area contributed by atoms with Crippen LogP contribution in [0.15, 0.2) is 30.3 Å². The Balaban J connectivity index is 1.79. The summed E-state index contributed by atoms with van der Waals surface area (Å²) in [5.41, 5.74) is 1.32. The van der Waals surface area contributed by atoms with Gasteiger partial charge in [-0.2, -0.15) is 0 Å². The molecule has 18 heavy (non-hydrogen) atoms. The smallest absolute Gasteiger partial charge is 0.229 e. The van der Waals surface area contributed by atoms with Crippen LogP contribution in [-0.4, -0.2) is 23.3 Å². The number of carbonyl (C=O) groups excluding carboxylic acids is 2. The zero-order chi connectivity index (χ0) is 13.0. The number of hydrogen-bond acceptors (Lipinski definition) is 2. The summed E-state index contributed by atoms with van der Waals surface area (Å²) in [5.74, 6) is 0.457. The molecule has 2 amide bonds. The Bertz CT molecular complexity index is 411. The van der Waals surface area contributed by atoms with E-state index in [0.29, 0.717) is 25.3 Å². The average molecular weight is 245 g/mol. The number of benzene rings is 1. The third-order valence-electron chi connectivity index (χ3n) is 3.54. The van der Waals surface area contributed by atoms with Crippen LogP contribution >= 0.6 is 0 Å². The van der Waals surface area contributed by atoms with Crippen LogP contribution in [0.1, 0.15) is 44.1 Å². The summed E-state index contributed by atoms with van der Waals surface area (Å²) in [7, 11) is 0. The predicted molar refractivity (Wildman–Crippen MR) is 70.0 cm³/mol. The fraction of sp³-hybridized carbons (Fsp3) is 0.467. The van der Waals surface area contributed by atoms with Crippen molar-refractivity contribution < 1.29 is 9.59 Å². The van der Waals surface area contributed by atoms with Gasteiger partial charge in [-0.1, -0.05) is 37.3 Å². The van der Waals surface area contributed by atoms with Gasteiger partial charge in [0, 0.05) is 19.4 Å². The molecule has 0 aliphatic carbocycles. The summed E-state index contributed by atoms with van der Waals surface area (Å²) >= 11 is 0. The highest BCUT2D eigenvalue weighted by atomic mass is 16.2. The lowest BCUT2D eigenvalue weighted by atomic mass is 9.96. The summed E-state index contributed by atoms with van der Waals surface area (Å²) < 4.78 is 0. The van der Waals surface area contributed by atoms with Gasteiger partial charge in [0.25, 0.3) is 0 Å². The number of hydrogen-bond donors (Lipinski definition) is 0. The van der Waals surface area contributed by atoms with Gasteiger partial charge in [0.15, 0.2) is 0 Å². The molecule has 0 saturated carbocycles. The summed E-state index contributed by atoms with van der Waals surface area (Å²) in [5, 5.41) is 0. The molecule has 1 heterocycles. The minimum Gasteiger partial charge on any atom is -0.283 e. The van der Waals surface area contributed by atoms with E-state index in [9.17, 15) is 9.59 Å². The number of nitrogens with zero attached hydrogens (tertiary/aromatic N) is 1. The van der Waals surface area contributed by atoms with Crippen LogP contribution in [-0.2, 0) is 9.59 Å². The molecule has 1 fully saturated rings. The second kappa shape index (κ2) is 5.80. The van der Waals surface area contributed by atoms with Crippen LogP contribution in [0, 0.1) is 0 Å². The lowest BCUT2D eigenvalue weighted by Gasteiger charge is -2.16. The molecule has 3 nitrogen and oxygen atoms in total. The van der Waals surface area contributed by atoms with E-state index < -0.39 is 0 Å². The van der Waals surface area contributed by atoms with Crippen molar-refractivity contribution in [1.29, 1.82) is 0 Å². The molecule has 0 bridgehead atoms. The molecule has 1 aromatic carbocycles. The van der Waals surface area contributed by atoms with Gasteiger partial charge >= 0.3 is 0 Å². The van der Waals surface area contributed by atoms with Crippen LogP contribution in [0.2, 0.25) is 0 Å². The molecule has 0 spiro atoms. The third kappa shape index (κ3) is 2.97. The summed E-state index contributed by atoms with van der Waals surface area (Å²) in [6.45, 7) is 2.76. The first kappa shape index (κ1) is 12.8. The van der Waals surface area contributed by atoms with Crippen LogP contribution in [0.4, 0.5) is 0 Å². The van der Waals surface area contributed by atoms with Gasteiger partial charge in [0.1, 0.15) is 0 Å². The van der Waals surface area contributed by atoms with Crippen molar-refractivity contribution in [3.05, 3.63) is 35.9 Å². The summed E-state index contributed by atoms with van der Waals surface area (Å²) in [6.07, 6.45) is 2.68. The van der Waals surface area contributed by atoms with E-state index in [1.54, 1.807) is 0 Å². The Morgan fingerprint density at radius 2 is 1.72 bits per heavy atom. The third-order valence-corrected chi connectivity index (χ3v) is 3.54. The minimum atomic E-state index is -0.00707. The number of amides is 2. The van der Waals surface area contributed by atoms with Gasteiger partial charge in [0.05, 0.1) is 0 Å². The summed E-state index contributed by atoms with van der Waals surface area (Å²) in [4.78, 5) is 24.3. The molecule has 0 radical (unpaired) electrons. The minimum absolute atomic E-state index is 0.00707. The number of carbonyl (C=O) groups is 2. The highest BCUT2D eigenvalue weighted by molar-refractivity contribution is 6.01. The molecule has 1 saturated heterocycles. The van der Waals surface area contributed by atoms with Gasteiger partial charge in [-0.25, -0.2) is 0 Å². The maximum Gasteiger partial charge on any atom is 0.229 e. The fourth-order valence-electron chi connectivity index (χ4n) is 2.38. The SMILES string of the molecule is C[C@H](CCCN1C(=O)CCC1=O)c1ccccc1. The van der Waals surface area contributed by atoms with Gasteiger partial charge in [-0.3, -0.25) is 14.5 Å². The molecule has 2 rings (SSSR count). The van der Waals surface area contributed by atoms with Crippen molar-refractivity contribution in [2.45, 2.75) is 38.5 Å². The Hall–Kier alpha value is -1.64. The Labute approximate surface area is 108 Å². The molecule has 1 aromatic rings. The molecule has 0 unspecified atom stereocenters. The average Bonchev–Trinajstić information content (AvgIpc) is 2.71. The zero-order valence-corrected chi connectivity index (χ0v) is 10.8. The highest BCUT2D eigenvalue weighted by Gasteiger charge is 2.28. The van der Waals surface area contributed by atoms with Crippen molar-refractivity contribution in [2.75, 3.05) is 6.54 Å². The van der Waals surface area contributed by atoms with E-state index in [-0.39, 0.29) is 11.8 Å². The Morgan fingerprint density at radius 3 is 2.33 bits per heavy atom. The number of likely N-dealkylation sites (tertiary alicyclic amines) is 1. The molecular weight excluding hydrogens is 226 g/mol. The van der Waals surface area contributed by atoms with E-state index in [2.05, 4.69) is 19.1 Å². The molecule has 0 N–H and O–H groups in total. The topological polar surface area (TPSA) is 37.4 Å². The van der Waals surface area contributed by atoms with Crippen LogP contribution in [0.3, 0.4) is 0 Å². The second-order valence-corrected chi connectivity index (χ2v) is 4.89. The zero-order valence-electron chi connectivity index (χ0n) is 10.8. The van der Waals surface area contributed by atoms with E-state index in [1.807, 2.05) is 18.2 Å². The molecule has 1 aliphatic rings. The molecule has 0 aromatic heterocycles. The van der Waals surface area contributed by atoms with Crippen molar-refractivity contribution in [3.63, 3.8) is 0 Å². The normalized spacial score (nSPS) is 17.3. The number of rotatable bonds is 5. The first-order valence-electron chi connectivity index (χ1n) is 6.56. The van der Waals surface area contributed by atoms with Gasteiger partial charge in [-0.05, 0) is 24.3 Å². The Kier molecular flexibility index (Phi) is 4.13. The molecular formula is C15H19NO2. The van der Waals surface area contributed by atoms with E-state index >= 15 is 0 Å². The maximum atomic E-state index is 11.4. The lowest BCUT2D eigenvalue weighted by Crippen LogP contribution is -2.30. The van der Waals surface area contributed by atoms with Gasteiger partial charge in [-0.15, -0.1) is 0 Å². The molecule has 3 heteroatoms. The highest BCUT2D eigenvalue weighted by Crippen LogP contribution is 2.21. The first-order valence-corrected chi connectivity index (χ1v) is 6.56. The van der Waals surface area contributed by atoms with Gasteiger partial charge in [0.2, 0.25) is 11.8 Å². The summed E-state index contributed by atoms with van der Waals surface area (Å²) in [6, 6.07) is 10.3. The van der Waals surface area contributed by atoms with Crippen LogP contribution < -0.4 is 0 Å².